The third kappa shape index (κ3) is 2.04. The zero-order valence-corrected chi connectivity index (χ0v) is 11.4. The second-order valence-corrected chi connectivity index (χ2v) is 4.76. The Labute approximate surface area is 117 Å². The SMILES string of the molecule is COc1ccc(C(O)c2cnn3ccccc23)c(C)c1. The Hall–Kier alpha value is -2.33. The molecule has 3 aromatic rings. The lowest BCUT2D eigenvalue weighted by Crippen LogP contribution is -2.02. The maximum absolute atomic E-state index is 10.6. The molecule has 1 aromatic carbocycles. The van der Waals surface area contributed by atoms with Crippen LogP contribution in [0.25, 0.3) is 5.52 Å². The molecule has 3 rings (SSSR count). The summed E-state index contributed by atoms with van der Waals surface area (Å²) in [5, 5.41) is 14.9. The molecule has 102 valence electrons. The highest BCUT2D eigenvalue weighted by molar-refractivity contribution is 5.57. The summed E-state index contributed by atoms with van der Waals surface area (Å²) in [6, 6.07) is 11.5. The van der Waals surface area contributed by atoms with Crippen molar-refractivity contribution in [3.63, 3.8) is 0 Å². The number of hydrogen-bond acceptors (Lipinski definition) is 3. The highest BCUT2D eigenvalue weighted by Gasteiger charge is 2.17. The Bertz CT molecular complexity index is 749. The Kier molecular flexibility index (Phi) is 3.16. The van der Waals surface area contributed by atoms with E-state index in [0.717, 1.165) is 28.0 Å². The molecule has 0 fully saturated rings. The van der Waals surface area contributed by atoms with E-state index in [2.05, 4.69) is 5.10 Å². The van der Waals surface area contributed by atoms with E-state index < -0.39 is 6.10 Å². The third-order valence-electron chi connectivity index (χ3n) is 3.52. The fourth-order valence-electron chi connectivity index (χ4n) is 2.41. The van der Waals surface area contributed by atoms with Crippen molar-refractivity contribution in [2.75, 3.05) is 7.11 Å². The number of aliphatic hydroxyl groups is 1. The van der Waals surface area contributed by atoms with Crippen LogP contribution in [0.1, 0.15) is 22.8 Å². The van der Waals surface area contributed by atoms with Crippen LogP contribution in [0.4, 0.5) is 0 Å². The Morgan fingerprint density at radius 2 is 2.05 bits per heavy atom. The number of aryl methyl sites for hydroxylation is 1. The number of ether oxygens (including phenoxy) is 1. The van der Waals surface area contributed by atoms with E-state index in [1.807, 2.05) is 49.5 Å². The van der Waals surface area contributed by atoms with Crippen LogP contribution in [0.15, 0.2) is 48.8 Å². The van der Waals surface area contributed by atoms with Crippen molar-refractivity contribution in [2.45, 2.75) is 13.0 Å². The van der Waals surface area contributed by atoms with Crippen LogP contribution >= 0.6 is 0 Å². The van der Waals surface area contributed by atoms with E-state index in [0.29, 0.717) is 0 Å². The van der Waals surface area contributed by atoms with Gasteiger partial charge >= 0.3 is 0 Å². The normalized spacial score (nSPS) is 12.6. The lowest BCUT2D eigenvalue weighted by atomic mass is 9.98. The van der Waals surface area contributed by atoms with Gasteiger partial charge in [-0.1, -0.05) is 12.1 Å². The van der Waals surface area contributed by atoms with Crippen molar-refractivity contribution in [3.05, 3.63) is 65.5 Å². The number of benzene rings is 1. The molecule has 0 aliphatic carbocycles. The summed E-state index contributed by atoms with van der Waals surface area (Å²) in [6.45, 7) is 1.97. The predicted molar refractivity (Wildman–Crippen MR) is 77.0 cm³/mol. The second-order valence-electron chi connectivity index (χ2n) is 4.76. The molecule has 0 saturated heterocycles. The van der Waals surface area contributed by atoms with Crippen molar-refractivity contribution >= 4 is 5.52 Å². The lowest BCUT2D eigenvalue weighted by molar-refractivity contribution is 0.221. The maximum atomic E-state index is 10.6. The molecule has 2 aromatic heterocycles. The van der Waals surface area contributed by atoms with Crippen molar-refractivity contribution in [3.8, 4) is 5.75 Å². The quantitative estimate of drug-likeness (QED) is 0.794. The second kappa shape index (κ2) is 4.98. The zero-order valence-electron chi connectivity index (χ0n) is 11.4. The molecule has 0 aliphatic rings. The topological polar surface area (TPSA) is 46.8 Å². The molecule has 0 amide bonds. The summed E-state index contributed by atoms with van der Waals surface area (Å²) >= 11 is 0. The van der Waals surface area contributed by atoms with Gasteiger partial charge in [0.2, 0.25) is 0 Å². The van der Waals surface area contributed by atoms with Gasteiger partial charge in [0, 0.05) is 11.8 Å². The molecule has 0 bridgehead atoms. The first-order valence-electron chi connectivity index (χ1n) is 6.45. The number of rotatable bonds is 3. The Morgan fingerprint density at radius 3 is 2.80 bits per heavy atom. The van der Waals surface area contributed by atoms with Crippen LogP contribution in [0, 0.1) is 6.92 Å². The predicted octanol–water partition coefficient (Wildman–Crippen LogP) is 2.73. The number of aromatic nitrogens is 2. The molecule has 2 heterocycles. The molecule has 4 heteroatoms. The molecule has 0 aliphatic heterocycles. The molecule has 0 saturated carbocycles. The van der Waals surface area contributed by atoms with Crippen LogP contribution in [0.3, 0.4) is 0 Å². The molecule has 1 N–H and O–H groups in total. The Morgan fingerprint density at radius 1 is 1.20 bits per heavy atom. The van der Waals surface area contributed by atoms with Crippen LogP contribution in [0.2, 0.25) is 0 Å². The monoisotopic (exact) mass is 268 g/mol. The molecule has 1 atom stereocenters. The first-order valence-corrected chi connectivity index (χ1v) is 6.45. The van der Waals surface area contributed by atoms with Gasteiger partial charge in [-0.3, -0.25) is 0 Å². The first kappa shape index (κ1) is 12.7. The van der Waals surface area contributed by atoms with Crippen LogP contribution < -0.4 is 4.74 Å². The van der Waals surface area contributed by atoms with Gasteiger partial charge in [-0.25, -0.2) is 4.52 Å². The van der Waals surface area contributed by atoms with Crippen molar-refractivity contribution in [2.24, 2.45) is 0 Å². The molecule has 20 heavy (non-hydrogen) atoms. The summed E-state index contributed by atoms with van der Waals surface area (Å²) < 4.78 is 6.95. The highest BCUT2D eigenvalue weighted by atomic mass is 16.5. The van der Waals surface area contributed by atoms with E-state index in [9.17, 15) is 5.11 Å². The number of fused-ring (bicyclic) bond motifs is 1. The molecule has 0 spiro atoms. The van der Waals surface area contributed by atoms with Crippen molar-refractivity contribution in [1.29, 1.82) is 0 Å². The standard InChI is InChI=1S/C16H16N2O2/c1-11-9-12(20-2)6-7-13(11)16(19)14-10-17-18-8-4-3-5-15(14)18/h3-10,16,19H,1-2H3. The summed E-state index contributed by atoms with van der Waals surface area (Å²) in [7, 11) is 1.64. The van der Waals surface area contributed by atoms with Crippen LogP contribution in [0.5, 0.6) is 5.75 Å². The van der Waals surface area contributed by atoms with Crippen LogP contribution in [-0.2, 0) is 0 Å². The van der Waals surface area contributed by atoms with Gasteiger partial charge < -0.3 is 9.84 Å². The summed E-state index contributed by atoms with van der Waals surface area (Å²) in [6.07, 6.45) is 2.89. The molecule has 1 unspecified atom stereocenters. The number of hydrogen-bond donors (Lipinski definition) is 1. The number of nitrogens with zero attached hydrogens (tertiary/aromatic N) is 2. The van der Waals surface area contributed by atoms with E-state index in [-0.39, 0.29) is 0 Å². The lowest BCUT2D eigenvalue weighted by Gasteiger charge is -2.14. The molecular formula is C16H16N2O2. The summed E-state index contributed by atoms with van der Waals surface area (Å²) in [4.78, 5) is 0. The average Bonchev–Trinajstić information content (AvgIpc) is 2.90. The van der Waals surface area contributed by atoms with Crippen molar-refractivity contribution < 1.29 is 9.84 Å². The minimum Gasteiger partial charge on any atom is -0.497 e. The van der Waals surface area contributed by atoms with Gasteiger partial charge in [-0.2, -0.15) is 5.10 Å². The third-order valence-corrected chi connectivity index (χ3v) is 3.52. The van der Waals surface area contributed by atoms with Gasteiger partial charge in [0.15, 0.2) is 0 Å². The first-order chi connectivity index (χ1) is 9.70. The Balaban J connectivity index is 2.06. The highest BCUT2D eigenvalue weighted by Crippen LogP contribution is 2.29. The van der Waals surface area contributed by atoms with Crippen LogP contribution in [-0.4, -0.2) is 21.8 Å². The smallest absolute Gasteiger partial charge is 0.119 e. The maximum Gasteiger partial charge on any atom is 0.119 e. The largest absolute Gasteiger partial charge is 0.497 e. The van der Waals surface area contributed by atoms with E-state index in [1.165, 1.54) is 0 Å². The number of methoxy groups -OCH3 is 1. The fraction of sp³-hybridized carbons (Fsp3) is 0.188. The van der Waals surface area contributed by atoms with Gasteiger partial charge in [0.25, 0.3) is 0 Å². The van der Waals surface area contributed by atoms with E-state index in [1.54, 1.807) is 17.8 Å². The number of pyridine rings is 1. The zero-order chi connectivity index (χ0) is 14.1. The van der Waals surface area contributed by atoms with Gasteiger partial charge in [-0.15, -0.1) is 0 Å². The minimum absolute atomic E-state index is 0.694. The van der Waals surface area contributed by atoms with E-state index in [4.69, 9.17) is 4.74 Å². The summed E-state index contributed by atoms with van der Waals surface area (Å²) in [5.41, 5.74) is 3.57. The van der Waals surface area contributed by atoms with Gasteiger partial charge in [0.1, 0.15) is 11.9 Å². The minimum atomic E-state index is -0.694. The molecule has 0 radical (unpaired) electrons. The fourth-order valence-corrected chi connectivity index (χ4v) is 2.41. The van der Waals surface area contributed by atoms with Gasteiger partial charge in [0.05, 0.1) is 18.8 Å². The number of aliphatic hydroxyl groups excluding tert-OH is 1. The molecular weight excluding hydrogens is 252 g/mol. The average molecular weight is 268 g/mol. The van der Waals surface area contributed by atoms with Gasteiger partial charge in [-0.05, 0) is 42.3 Å². The molecule has 4 nitrogen and oxygen atoms in total. The van der Waals surface area contributed by atoms with Crippen molar-refractivity contribution in [1.82, 2.24) is 9.61 Å². The van der Waals surface area contributed by atoms with E-state index >= 15 is 0 Å². The summed E-state index contributed by atoms with van der Waals surface area (Å²) in [5.74, 6) is 0.790.